The van der Waals surface area contributed by atoms with E-state index in [1.54, 1.807) is 18.2 Å². The van der Waals surface area contributed by atoms with Gasteiger partial charge in [0, 0.05) is 10.0 Å². The Morgan fingerprint density at radius 2 is 1.81 bits per heavy atom. The molecule has 0 N–H and O–H groups in total. The molecule has 0 aliphatic rings. The second-order valence-corrected chi connectivity index (χ2v) is 5.09. The van der Waals surface area contributed by atoms with Gasteiger partial charge in [0.25, 0.3) is 0 Å². The van der Waals surface area contributed by atoms with Gasteiger partial charge in [0.15, 0.2) is 0 Å². The first-order valence-corrected chi connectivity index (χ1v) is 6.82. The van der Waals surface area contributed by atoms with Crippen LogP contribution in [0.3, 0.4) is 0 Å². The van der Waals surface area contributed by atoms with Crippen molar-refractivity contribution < 1.29 is 22.6 Å². The van der Waals surface area contributed by atoms with Gasteiger partial charge in [-0.2, -0.15) is 13.2 Å². The summed E-state index contributed by atoms with van der Waals surface area (Å²) in [4.78, 5) is 0. The molecule has 0 saturated carbocycles. The smallest absolute Gasteiger partial charge is 0.419 e. The van der Waals surface area contributed by atoms with Crippen LogP contribution in [0.5, 0.6) is 11.5 Å². The standard InChI is InChI=1S/C15H12BrF3O2/c1-20-11-6-7-13(16)10(8-11)9-21-14-5-3-2-4-12(14)15(17,18)19/h2-8H,9H2,1H3. The SMILES string of the molecule is COc1ccc(Br)c(COc2ccccc2C(F)(F)F)c1. The van der Waals surface area contributed by atoms with Crippen molar-refractivity contribution in [3.63, 3.8) is 0 Å². The van der Waals surface area contributed by atoms with Crippen molar-refractivity contribution in [3.05, 3.63) is 58.1 Å². The van der Waals surface area contributed by atoms with Crippen molar-refractivity contribution in [2.75, 3.05) is 7.11 Å². The maximum atomic E-state index is 12.9. The number of para-hydroxylation sites is 1. The van der Waals surface area contributed by atoms with Crippen LogP contribution >= 0.6 is 15.9 Å². The van der Waals surface area contributed by atoms with E-state index in [9.17, 15) is 13.2 Å². The van der Waals surface area contributed by atoms with E-state index in [1.165, 1.54) is 25.3 Å². The Bertz CT molecular complexity index is 627. The number of hydrogen-bond donors (Lipinski definition) is 0. The van der Waals surface area contributed by atoms with E-state index in [4.69, 9.17) is 9.47 Å². The van der Waals surface area contributed by atoms with Crippen molar-refractivity contribution in [2.45, 2.75) is 12.8 Å². The molecular weight excluding hydrogens is 349 g/mol. The predicted octanol–water partition coefficient (Wildman–Crippen LogP) is 5.06. The Hall–Kier alpha value is -1.69. The molecule has 0 aromatic heterocycles. The highest BCUT2D eigenvalue weighted by Gasteiger charge is 2.34. The lowest BCUT2D eigenvalue weighted by atomic mass is 10.2. The zero-order valence-corrected chi connectivity index (χ0v) is 12.7. The normalized spacial score (nSPS) is 11.3. The minimum Gasteiger partial charge on any atom is -0.497 e. The second-order valence-electron chi connectivity index (χ2n) is 4.24. The number of halogens is 4. The first-order valence-electron chi connectivity index (χ1n) is 6.03. The lowest BCUT2D eigenvalue weighted by molar-refractivity contribution is -0.139. The van der Waals surface area contributed by atoms with Gasteiger partial charge in [0.1, 0.15) is 18.1 Å². The van der Waals surface area contributed by atoms with E-state index in [0.29, 0.717) is 11.3 Å². The van der Waals surface area contributed by atoms with Crippen LogP contribution in [-0.2, 0) is 12.8 Å². The van der Waals surface area contributed by atoms with E-state index in [-0.39, 0.29) is 12.4 Å². The predicted molar refractivity (Wildman–Crippen MR) is 76.5 cm³/mol. The summed E-state index contributed by atoms with van der Waals surface area (Å²) in [5.74, 6) is 0.417. The van der Waals surface area contributed by atoms with Crippen LogP contribution in [0, 0.1) is 0 Å². The number of rotatable bonds is 4. The summed E-state index contributed by atoms with van der Waals surface area (Å²) in [6.45, 7) is 0.00484. The Morgan fingerprint density at radius 3 is 2.48 bits per heavy atom. The van der Waals surface area contributed by atoms with Gasteiger partial charge in [-0.25, -0.2) is 0 Å². The van der Waals surface area contributed by atoms with Crippen molar-refractivity contribution >= 4 is 15.9 Å². The van der Waals surface area contributed by atoms with E-state index in [0.717, 1.165) is 10.5 Å². The second kappa shape index (κ2) is 6.39. The summed E-state index contributed by atoms with van der Waals surface area (Å²) in [6.07, 6.45) is -4.44. The van der Waals surface area contributed by atoms with Crippen LogP contribution in [0.1, 0.15) is 11.1 Å². The third kappa shape index (κ3) is 3.91. The van der Waals surface area contributed by atoms with Crippen LogP contribution in [0.4, 0.5) is 13.2 Å². The molecular formula is C15H12BrF3O2. The summed E-state index contributed by atoms with van der Waals surface area (Å²) in [7, 11) is 1.52. The molecule has 0 aliphatic carbocycles. The molecule has 0 spiro atoms. The Kier molecular flexibility index (Phi) is 4.77. The molecule has 2 rings (SSSR count). The summed E-state index contributed by atoms with van der Waals surface area (Å²) in [5, 5.41) is 0. The molecule has 2 aromatic rings. The molecule has 0 atom stereocenters. The molecule has 0 aliphatic heterocycles. The van der Waals surface area contributed by atoms with Gasteiger partial charge in [-0.15, -0.1) is 0 Å². The van der Waals surface area contributed by atoms with Crippen LogP contribution in [0.15, 0.2) is 46.9 Å². The number of alkyl halides is 3. The molecule has 0 fully saturated rings. The summed E-state index contributed by atoms with van der Waals surface area (Å²) >= 11 is 3.33. The average Bonchev–Trinajstić information content (AvgIpc) is 2.46. The topological polar surface area (TPSA) is 18.5 Å². The molecule has 112 valence electrons. The monoisotopic (exact) mass is 360 g/mol. The van der Waals surface area contributed by atoms with Crippen LogP contribution in [0.25, 0.3) is 0 Å². The zero-order chi connectivity index (χ0) is 15.5. The fourth-order valence-corrected chi connectivity index (χ4v) is 2.13. The van der Waals surface area contributed by atoms with Crippen molar-refractivity contribution in [3.8, 4) is 11.5 Å². The summed E-state index contributed by atoms with van der Waals surface area (Å²) in [5.41, 5.74) is -0.0876. The molecule has 2 nitrogen and oxygen atoms in total. The van der Waals surface area contributed by atoms with Gasteiger partial charge in [0.2, 0.25) is 0 Å². The van der Waals surface area contributed by atoms with Crippen LogP contribution < -0.4 is 9.47 Å². The molecule has 0 bridgehead atoms. The van der Waals surface area contributed by atoms with Gasteiger partial charge < -0.3 is 9.47 Å². The largest absolute Gasteiger partial charge is 0.497 e. The van der Waals surface area contributed by atoms with Crippen molar-refractivity contribution in [1.82, 2.24) is 0 Å². The number of ether oxygens (including phenoxy) is 2. The quantitative estimate of drug-likeness (QED) is 0.758. The zero-order valence-electron chi connectivity index (χ0n) is 11.1. The van der Waals surface area contributed by atoms with E-state index < -0.39 is 11.7 Å². The lowest BCUT2D eigenvalue weighted by Crippen LogP contribution is -2.08. The Balaban J connectivity index is 2.21. The third-order valence-electron chi connectivity index (χ3n) is 2.83. The molecule has 0 radical (unpaired) electrons. The van der Waals surface area contributed by atoms with Gasteiger partial charge in [0.05, 0.1) is 12.7 Å². The molecule has 21 heavy (non-hydrogen) atoms. The highest BCUT2D eigenvalue weighted by molar-refractivity contribution is 9.10. The molecule has 0 saturated heterocycles. The van der Waals surface area contributed by atoms with E-state index >= 15 is 0 Å². The third-order valence-corrected chi connectivity index (χ3v) is 3.60. The van der Waals surface area contributed by atoms with Crippen molar-refractivity contribution in [1.29, 1.82) is 0 Å². The fourth-order valence-electron chi connectivity index (χ4n) is 1.77. The first kappa shape index (κ1) is 15.7. The maximum Gasteiger partial charge on any atom is 0.419 e. The lowest BCUT2D eigenvalue weighted by Gasteiger charge is -2.14. The van der Waals surface area contributed by atoms with Gasteiger partial charge >= 0.3 is 6.18 Å². The summed E-state index contributed by atoms with van der Waals surface area (Å²) in [6, 6.07) is 10.3. The Morgan fingerprint density at radius 1 is 1.10 bits per heavy atom. The molecule has 0 unspecified atom stereocenters. The maximum absolute atomic E-state index is 12.9. The molecule has 0 amide bonds. The Labute approximate surface area is 128 Å². The highest BCUT2D eigenvalue weighted by atomic mass is 79.9. The van der Waals surface area contributed by atoms with Gasteiger partial charge in [-0.1, -0.05) is 28.1 Å². The number of methoxy groups -OCH3 is 1. The van der Waals surface area contributed by atoms with E-state index in [2.05, 4.69) is 15.9 Å². The average molecular weight is 361 g/mol. The van der Waals surface area contributed by atoms with Crippen LogP contribution in [0.2, 0.25) is 0 Å². The minimum atomic E-state index is -4.44. The van der Waals surface area contributed by atoms with Crippen molar-refractivity contribution in [2.24, 2.45) is 0 Å². The summed E-state index contributed by atoms with van der Waals surface area (Å²) < 4.78 is 49.7. The number of hydrogen-bond acceptors (Lipinski definition) is 2. The minimum absolute atomic E-state index is 0.00484. The van der Waals surface area contributed by atoms with Crippen LogP contribution in [-0.4, -0.2) is 7.11 Å². The molecule has 6 heteroatoms. The highest BCUT2D eigenvalue weighted by Crippen LogP contribution is 2.36. The van der Waals surface area contributed by atoms with E-state index in [1.807, 2.05) is 0 Å². The fraction of sp³-hybridized carbons (Fsp3) is 0.200. The first-order chi connectivity index (χ1) is 9.91. The molecule has 2 aromatic carbocycles. The molecule has 0 heterocycles. The number of benzene rings is 2. The van der Waals surface area contributed by atoms with Gasteiger partial charge in [-0.05, 0) is 30.3 Å². The van der Waals surface area contributed by atoms with Gasteiger partial charge in [-0.3, -0.25) is 0 Å².